The molecule has 0 aliphatic carbocycles. The van der Waals surface area contributed by atoms with Gasteiger partial charge in [-0.25, -0.2) is 4.68 Å². The highest BCUT2D eigenvalue weighted by Crippen LogP contribution is 2.24. The second kappa shape index (κ2) is 7.59. The molecule has 2 heterocycles. The molecule has 1 N–H and O–H groups in total. The zero-order chi connectivity index (χ0) is 19.7. The van der Waals surface area contributed by atoms with Crippen molar-refractivity contribution in [2.24, 2.45) is 0 Å². The summed E-state index contributed by atoms with van der Waals surface area (Å²) in [6, 6.07) is 11.7. The number of anilines is 2. The first-order valence-corrected chi connectivity index (χ1v) is 9.74. The second-order valence-electron chi connectivity index (χ2n) is 7.35. The van der Waals surface area contributed by atoms with Crippen LogP contribution in [0.2, 0.25) is 0 Å². The summed E-state index contributed by atoms with van der Waals surface area (Å²) in [7, 11) is 2.15. The molecule has 0 radical (unpaired) electrons. The third kappa shape index (κ3) is 3.57. The van der Waals surface area contributed by atoms with Crippen molar-refractivity contribution in [3.05, 3.63) is 47.5 Å². The first-order valence-electron chi connectivity index (χ1n) is 9.74. The predicted octanol–water partition coefficient (Wildman–Crippen LogP) is 2.76. The smallest absolute Gasteiger partial charge is 0.255 e. The van der Waals surface area contributed by atoms with Gasteiger partial charge < -0.3 is 15.1 Å². The Kier molecular flexibility index (Phi) is 5.00. The molecule has 4 rings (SSSR count). The minimum absolute atomic E-state index is 0.136. The molecule has 0 unspecified atom stereocenters. The molecule has 1 amide bonds. The highest BCUT2D eigenvalue weighted by Gasteiger charge is 2.16. The zero-order valence-corrected chi connectivity index (χ0v) is 16.6. The van der Waals surface area contributed by atoms with Crippen LogP contribution in [0.15, 0.2) is 36.4 Å². The van der Waals surface area contributed by atoms with Crippen molar-refractivity contribution < 1.29 is 4.79 Å². The number of rotatable bonds is 4. The molecular formula is C21H26N6O. The maximum Gasteiger partial charge on any atom is 0.255 e. The van der Waals surface area contributed by atoms with Gasteiger partial charge in [-0.3, -0.25) is 4.79 Å². The standard InChI is InChI=1S/C21H26N6O/c1-4-27-20-8-5-16(14-19(20)23-24-27)21(28)22-18-7-6-17(13-15(18)2)26-11-9-25(3)10-12-26/h5-8,13-14H,4,9-12H2,1-3H3,(H,22,28). The van der Waals surface area contributed by atoms with Gasteiger partial charge in [0.15, 0.2) is 0 Å². The van der Waals surface area contributed by atoms with E-state index in [1.807, 2.05) is 36.7 Å². The van der Waals surface area contributed by atoms with Crippen LogP contribution in [0.3, 0.4) is 0 Å². The van der Waals surface area contributed by atoms with Gasteiger partial charge in [0.1, 0.15) is 5.52 Å². The van der Waals surface area contributed by atoms with E-state index in [1.54, 1.807) is 6.07 Å². The topological polar surface area (TPSA) is 66.3 Å². The maximum atomic E-state index is 12.7. The van der Waals surface area contributed by atoms with E-state index in [-0.39, 0.29) is 5.91 Å². The molecule has 146 valence electrons. The summed E-state index contributed by atoms with van der Waals surface area (Å²) in [6.07, 6.45) is 0. The number of aromatic nitrogens is 3. The van der Waals surface area contributed by atoms with E-state index < -0.39 is 0 Å². The molecule has 1 aliphatic heterocycles. The first-order chi connectivity index (χ1) is 13.5. The number of nitrogens with zero attached hydrogens (tertiary/aromatic N) is 5. The van der Waals surface area contributed by atoms with Crippen molar-refractivity contribution in [2.75, 3.05) is 43.4 Å². The molecule has 1 saturated heterocycles. The summed E-state index contributed by atoms with van der Waals surface area (Å²) < 4.78 is 1.82. The van der Waals surface area contributed by atoms with Crippen LogP contribution in [0.25, 0.3) is 11.0 Å². The van der Waals surface area contributed by atoms with E-state index in [0.717, 1.165) is 55.0 Å². The average Bonchev–Trinajstić information content (AvgIpc) is 3.12. The quantitative estimate of drug-likeness (QED) is 0.756. The van der Waals surface area contributed by atoms with Crippen molar-refractivity contribution in [2.45, 2.75) is 20.4 Å². The van der Waals surface area contributed by atoms with E-state index in [0.29, 0.717) is 5.56 Å². The lowest BCUT2D eigenvalue weighted by atomic mass is 10.1. The fourth-order valence-corrected chi connectivity index (χ4v) is 3.59. The van der Waals surface area contributed by atoms with Crippen LogP contribution in [0.1, 0.15) is 22.8 Å². The third-order valence-corrected chi connectivity index (χ3v) is 5.40. The van der Waals surface area contributed by atoms with Crippen LogP contribution in [-0.2, 0) is 6.54 Å². The largest absolute Gasteiger partial charge is 0.369 e. The lowest BCUT2D eigenvalue weighted by Gasteiger charge is -2.34. The number of benzene rings is 2. The van der Waals surface area contributed by atoms with E-state index in [9.17, 15) is 4.79 Å². The minimum Gasteiger partial charge on any atom is -0.369 e. The van der Waals surface area contributed by atoms with E-state index in [4.69, 9.17) is 0 Å². The first kappa shape index (κ1) is 18.4. The van der Waals surface area contributed by atoms with Crippen LogP contribution in [-0.4, -0.2) is 59.0 Å². The normalized spacial score (nSPS) is 15.2. The summed E-state index contributed by atoms with van der Waals surface area (Å²) in [5, 5.41) is 11.3. The monoisotopic (exact) mass is 378 g/mol. The molecule has 2 aromatic carbocycles. The van der Waals surface area contributed by atoms with Crippen LogP contribution in [0, 0.1) is 6.92 Å². The van der Waals surface area contributed by atoms with Gasteiger partial charge in [-0.15, -0.1) is 5.10 Å². The van der Waals surface area contributed by atoms with Gasteiger partial charge in [-0.1, -0.05) is 5.21 Å². The Hall–Kier alpha value is -2.93. The van der Waals surface area contributed by atoms with Crippen LogP contribution in [0.5, 0.6) is 0 Å². The lowest BCUT2D eigenvalue weighted by Crippen LogP contribution is -2.44. The van der Waals surface area contributed by atoms with Gasteiger partial charge in [0, 0.05) is 49.7 Å². The van der Waals surface area contributed by atoms with Crippen LogP contribution < -0.4 is 10.2 Å². The number of hydrogen-bond donors (Lipinski definition) is 1. The summed E-state index contributed by atoms with van der Waals surface area (Å²) >= 11 is 0. The van der Waals surface area contributed by atoms with Gasteiger partial charge in [0.05, 0.1) is 5.52 Å². The summed E-state index contributed by atoms with van der Waals surface area (Å²) in [5.74, 6) is -0.136. The summed E-state index contributed by atoms with van der Waals surface area (Å²) in [6.45, 7) is 9.00. The Morgan fingerprint density at radius 2 is 1.89 bits per heavy atom. The summed E-state index contributed by atoms with van der Waals surface area (Å²) in [4.78, 5) is 17.5. The van der Waals surface area contributed by atoms with Crippen LogP contribution in [0.4, 0.5) is 11.4 Å². The molecule has 0 bridgehead atoms. The Balaban J connectivity index is 1.50. The minimum atomic E-state index is -0.136. The second-order valence-corrected chi connectivity index (χ2v) is 7.35. The number of aryl methyl sites for hydroxylation is 2. The van der Waals surface area contributed by atoms with Gasteiger partial charge in [-0.05, 0) is 62.9 Å². The number of amides is 1. The summed E-state index contributed by atoms with van der Waals surface area (Å²) in [5.41, 5.74) is 5.35. The van der Waals surface area contributed by atoms with Crippen molar-refractivity contribution in [3.63, 3.8) is 0 Å². The lowest BCUT2D eigenvalue weighted by molar-refractivity contribution is 0.102. The Morgan fingerprint density at radius 3 is 2.61 bits per heavy atom. The maximum absolute atomic E-state index is 12.7. The zero-order valence-electron chi connectivity index (χ0n) is 16.6. The number of carbonyl (C=O) groups is 1. The van der Waals surface area contributed by atoms with Crippen molar-refractivity contribution >= 4 is 28.3 Å². The predicted molar refractivity (Wildman–Crippen MR) is 112 cm³/mol. The molecule has 1 fully saturated rings. The Labute approximate surface area is 164 Å². The SMILES string of the molecule is CCn1nnc2cc(C(=O)Nc3ccc(N4CCN(C)CC4)cc3C)ccc21. The van der Waals surface area contributed by atoms with Gasteiger partial charge in [0.2, 0.25) is 0 Å². The van der Waals surface area contributed by atoms with Crippen molar-refractivity contribution in [3.8, 4) is 0 Å². The molecule has 7 heteroatoms. The van der Waals surface area contributed by atoms with Crippen LogP contribution >= 0.6 is 0 Å². The molecule has 1 aromatic heterocycles. The van der Waals surface area contributed by atoms with Gasteiger partial charge in [0.25, 0.3) is 5.91 Å². The molecule has 1 aliphatic rings. The Morgan fingerprint density at radius 1 is 1.11 bits per heavy atom. The number of nitrogens with one attached hydrogen (secondary N) is 1. The molecule has 7 nitrogen and oxygen atoms in total. The van der Waals surface area contributed by atoms with E-state index in [2.05, 4.69) is 44.6 Å². The molecule has 28 heavy (non-hydrogen) atoms. The van der Waals surface area contributed by atoms with Gasteiger partial charge >= 0.3 is 0 Å². The average molecular weight is 378 g/mol. The fourth-order valence-electron chi connectivity index (χ4n) is 3.59. The molecular weight excluding hydrogens is 352 g/mol. The van der Waals surface area contributed by atoms with Crippen molar-refractivity contribution in [1.82, 2.24) is 19.9 Å². The highest BCUT2D eigenvalue weighted by molar-refractivity contribution is 6.06. The molecule has 0 saturated carbocycles. The fraction of sp³-hybridized carbons (Fsp3) is 0.381. The number of piperazine rings is 1. The number of hydrogen-bond acceptors (Lipinski definition) is 5. The highest BCUT2D eigenvalue weighted by atomic mass is 16.1. The molecule has 0 atom stereocenters. The number of likely N-dealkylation sites (N-methyl/N-ethyl adjacent to an activating group) is 1. The molecule has 3 aromatic rings. The Bertz CT molecular complexity index is 1000. The van der Waals surface area contributed by atoms with Crippen molar-refractivity contribution in [1.29, 1.82) is 0 Å². The number of fused-ring (bicyclic) bond motifs is 1. The van der Waals surface area contributed by atoms with Gasteiger partial charge in [-0.2, -0.15) is 0 Å². The third-order valence-electron chi connectivity index (χ3n) is 5.40. The number of carbonyl (C=O) groups excluding carboxylic acids is 1. The van der Waals surface area contributed by atoms with E-state index in [1.165, 1.54) is 5.69 Å². The molecule has 0 spiro atoms. The van der Waals surface area contributed by atoms with E-state index >= 15 is 0 Å².